The van der Waals surface area contributed by atoms with Gasteiger partial charge in [0.05, 0.1) is 13.3 Å². The van der Waals surface area contributed by atoms with Crippen LogP contribution < -0.4 is 10.1 Å². The second kappa shape index (κ2) is 6.38. The van der Waals surface area contributed by atoms with E-state index < -0.39 is 0 Å². The Labute approximate surface area is 116 Å². The number of nitrogens with one attached hydrogen (secondary N) is 1. The van der Waals surface area contributed by atoms with Crippen LogP contribution in [0.5, 0.6) is 5.75 Å². The molecule has 1 aromatic heterocycles. The molecule has 3 heteroatoms. The van der Waals surface area contributed by atoms with Gasteiger partial charge in [0.2, 0.25) is 0 Å². The molecule has 19 heavy (non-hydrogen) atoms. The van der Waals surface area contributed by atoms with E-state index in [2.05, 4.69) is 30.2 Å². The van der Waals surface area contributed by atoms with Gasteiger partial charge in [-0.15, -0.1) is 0 Å². The number of methoxy groups -OCH3 is 1. The molecule has 1 aliphatic carbocycles. The number of nitrogens with zero attached hydrogens (tertiary/aromatic N) is 1. The van der Waals surface area contributed by atoms with Crippen LogP contribution in [0.4, 0.5) is 0 Å². The smallest absolute Gasteiger partial charge is 0.141 e. The van der Waals surface area contributed by atoms with Gasteiger partial charge in [-0.05, 0) is 43.7 Å². The van der Waals surface area contributed by atoms with Crippen molar-refractivity contribution >= 4 is 0 Å². The number of hydrogen-bond acceptors (Lipinski definition) is 3. The fraction of sp³-hybridized carbons (Fsp3) is 0.688. The number of pyridine rings is 1. The van der Waals surface area contributed by atoms with Crippen LogP contribution in [0.3, 0.4) is 0 Å². The van der Waals surface area contributed by atoms with Crippen molar-refractivity contribution < 1.29 is 4.74 Å². The van der Waals surface area contributed by atoms with Crippen molar-refractivity contribution in [1.29, 1.82) is 0 Å². The molecule has 1 saturated carbocycles. The number of aromatic nitrogens is 1. The molecule has 0 aromatic carbocycles. The van der Waals surface area contributed by atoms with E-state index in [9.17, 15) is 0 Å². The first kappa shape index (κ1) is 14.3. The first-order valence-corrected chi connectivity index (χ1v) is 7.32. The molecule has 1 aromatic rings. The van der Waals surface area contributed by atoms with E-state index in [-0.39, 0.29) is 0 Å². The van der Waals surface area contributed by atoms with Gasteiger partial charge in [0.15, 0.2) is 0 Å². The van der Waals surface area contributed by atoms with Crippen LogP contribution in [-0.4, -0.2) is 19.1 Å². The minimum absolute atomic E-state index is 0.368. The lowest BCUT2D eigenvalue weighted by atomic mass is 9.72. The number of ether oxygens (including phenoxy) is 1. The summed E-state index contributed by atoms with van der Waals surface area (Å²) in [6.45, 7) is 4.76. The summed E-state index contributed by atoms with van der Waals surface area (Å²) in [5.74, 6) is 3.25. The van der Waals surface area contributed by atoms with E-state index in [1.807, 2.05) is 19.4 Å². The Bertz CT molecular complexity index is 407. The van der Waals surface area contributed by atoms with Crippen molar-refractivity contribution in [2.45, 2.75) is 39.2 Å². The zero-order chi connectivity index (χ0) is 13.8. The Morgan fingerprint density at radius 2 is 2.11 bits per heavy atom. The fourth-order valence-electron chi connectivity index (χ4n) is 3.36. The van der Waals surface area contributed by atoms with Gasteiger partial charge in [-0.1, -0.05) is 20.3 Å². The van der Waals surface area contributed by atoms with Gasteiger partial charge in [-0.3, -0.25) is 4.98 Å². The number of rotatable bonds is 4. The van der Waals surface area contributed by atoms with Crippen LogP contribution in [0.15, 0.2) is 18.5 Å². The van der Waals surface area contributed by atoms with Gasteiger partial charge in [-0.25, -0.2) is 0 Å². The topological polar surface area (TPSA) is 34.2 Å². The summed E-state index contributed by atoms with van der Waals surface area (Å²) in [7, 11) is 3.77. The van der Waals surface area contributed by atoms with Crippen LogP contribution in [-0.2, 0) is 0 Å². The van der Waals surface area contributed by atoms with E-state index in [0.29, 0.717) is 12.0 Å². The Kier molecular flexibility index (Phi) is 4.81. The second-order valence-corrected chi connectivity index (χ2v) is 5.91. The molecule has 106 valence electrons. The SMILES string of the molecule is CNC(c1ccncc1OC)C1CCC(C)C(C)C1. The highest BCUT2D eigenvalue weighted by Crippen LogP contribution is 2.41. The van der Waals surface area contributed by atoms with Gasteiger partial charge >= 0.3 is 0 Å². The summed E-state index contributed by atoms with van der Waals surface area (Å²) in [5.41, 5.74) is 1.24. The lowest BCUT2D eigenvalue weighted by Gasteiger charge is -2.37. The summed E-state index contributed by atoms with van der Waals surface area (Å²) in [4.78, 5) is 4.15. The largest absolute Gasteiger partial charge is 0.495 e. The van der Waals surface area contributed by atoms with Crippen molar-refractivity contribution in [3.8, 4) is 5.75 Å². The van der Waals surface area contributed by atoms with Crippen LogP contribution in [0.1, 0.15) is 44.7 Å². The average Bonchev–Trinajstić information content (AvgIpc) is 2.44. The minimum atomic E-state index is 0.368. The molecule has 2 rings (SSSR count). The Hall–Kier alpha value is -1.09. The maximum atomic E-state index is 5.46. The standard InChI is InChI=1S/C16H26N2O/c1-11-5-6-13(9-12(11)2)16(17-3)14-7-8-18-10-15(14)19-4/h7-8,10-13,16-17H,5-6,9H2,1-4H3. The van der Waals surface area contributed by atoms with Gasteiger partial charge in [0.1, 0.15) is 5.75 Å². The molecule has 1 aliphatic rings. The van der Waals surface area contributed by atoms with Crippen molar-refractivity contribution in [2.24, 2.45) is 17.8 Å². The monoisotopic (exact) mass is 262 g/mol. The number of hydrogen-bond donors (Lipinski definition) is 1. The van der Waals surface area contributed by atoms with Crippen molar-refractivity contribution in [3.05, 3.63) is 24.0 Å². The normalized spacial score (nSPS) is 28.9. The molecule has 4 unspecified atom stereocenters. The molecular weight excluding hydrogens is 236 g/mol. The minimum Gasteiger partial charge on any atom is -0.495 e. The molecule has 0 amide bonds. The molecule has 3 nitrogen and oxygen atoms in total. The highest BCUT2D eigenvalue weighted by Gasteiger charge is 2.31. The van der Waals surface area contributed by atoms with E-state index in [0.717, 1.165) is 17.6 Å². The van der Waals surface area contributed by atoms with E-state index >= 15 is 0 Å². The van der Waals surface area contributed by atoms with Crippen LogP contribution in [0, 0.1) is 17.8 Å². The summed E-state index contributed by atoms with van der Waals surface area (Å²) >= 11 is 0. The van der Waals surface area contributed by atoms with Crippen molar-refractivity contribution in [1.82, 2.24) is 10.3 Å². The van der Waals surface area contributed by atoms with Crippen LogP contribution in [0.2, 0.25) is 0 Å². The third-order valence-electron chi connectivity index (χ3n) is 4.79. The van der Waals surface area contributed by atoms with E-state index in [1.54, 1.807) is 7.11 Å². The Morgan fingerprint density at radius 1 is 1.32 bits per heavy atom. The molecule has 0 radical (unpaired) electrons. The van der Waals surface area contributed by atoms with E-state index in [4.69, 9.17) is 4.74 Å². The van der Waals surface area contributed by atoms with Crippen LogP contribution >= 0.6 is 0 Å². The third kappa shape index (κ3) is 3.08. The third-order valence-corrected chi connectivity index (χ3v) is 4.79. The predicted molar refractivity (Wildman–Crippen MR) is 78.3 cm³/mol. The first-order chi connectivity index (χ1) is 9.17. The van der Waals surface area contributed by atoms with Gasteiger partial charge in [0.25, 0.3) is 0 Å². The lowest BCUT2D eigenvalue weighted by Crippen LogP contribution is -2.31. The van der Waals surface area contributed by atoms with Crippen molar-refractivity contribution in [3.63, 3.8) is 0 Å². The molecule has 4 atom stereocenters. The lowest BCUT2D eigenvalue weighted by molar-refractivity contribution is 0.173. The average molecular weight is 262 g/mol. The maximum Gasteiger partial charge on any atom is 0.141 e. The molecule has 0 aliphatic heterocycles. The highest BCUT2D eigenvalue weighted by atomic mass is 16.5. The summed E-state index contributed by atoms with van der Waals surface area (Å²) in [5, 5.41) is 3.49. The molecule has 0 spiro atoms. The first-order valence-electron chi connectivity index (χ1n) is 7.32. The molecule has 1 N–H and O–H groups in total. The fourth-order valence-corrected chi connectivity index (χ4v) is 3.36. The quantitative estimate of drug-likeness (QED) is 0.902. The maximum absolute atomic E-state index is 5.46. The second-order valence-electron chi connectivity index (χ2n) is 5.91. The molecular formula is C16H26N2O. The van der Waals surface area contributed by atoms with Crippen LogP contribution in [0.25, 0.3) is 0 Å². The van der Waals surface area contributed by atoms with E-state index in [1.165, 1.54) is 24.8 Å². The molecule has 1 fully saturated rings. The molecule has 1 heterocycles. The summed E-state index contributed by atoms with van der Waals surface area (Å²) in [6.07, 6.45) is 7.59. The van der Waals surface area contributed by atoms with Crippen molar-refractivity contribution in [2.75, 3.05) is 14.2 Å². The Morgan fingerprint density at radius 3 is 2.74 bits per heavy atom. The summed E-state index contributed by atoms with van der Waals surface area (Å²) in [6, 6.07) is 2.45. The predicted octanol–water partition coefficient (Wildman–Crippen LogP) is 3.42. The van der Waals surface area contributed by atoms with Gasteiger partial charge < -0.3 is 10.1 Å². The van der Waals surface area contributed by atoms with Gasteiger partial charge in [-0.2, -0.15) is 0 Å². The highest BCUT2D eigenvalue weighted by molar-refractivity contribution is 5.33. The molecule has 0 saturated heterocycles. The Balaban J connectivity index is 2.20. The zero-order valence-electron chi connectivity index (χ0n) is 12.5. The molecule has 0 bridgehead atoms. The zero-order valence-corrected chi connectivity index (χ0v) is 12.5. The van der Waals surface area contributed by atoms with Gasteiger partial charge in [0, 0.05) is 17.8 Å². The summed E-state index contributed by atoms with van der Waals surface area (Å²) < 4.78 is 5.46.